The number of rotatable bonds is 6. The molecule has 4 heterocycles. The molecule has 5 rings (SSSR count). The van der Waals surface area contributed by atoms with Crippen molar-refractivity contribution in [3.8, 4) is 5.75 Å². The molecule has 1 N–H and O–H groups in total. The highest BCUT2D eigenvalue weighted by Gasteiger charge is 2.31. The van der Waals surface area contributed by atoms with Crippen molar-refractivity contribution in [3.63, 3.8) is 0 Å². The van der Waals surface area contributed by atoms with Crippen molar-refractivity contribution in [2.45, 2.75) is 51.9 Å². The normalized spacial score (nSPS) is 18.6. The van der Waals surface area contributed by atoms with E-state index in [9.17, 15) is 9.90 Å². The molecule has 7 heteroatoms. The van der Waals surface area contributed by atoms with Crippen LogP contribution in [0.1, 0.15) is 52.5 Å². The number of piperidine rings is 1. The molecule has 0 atom stereocenters. The second-order valence-corrected chi connectivity index (χ2v) is 8.81. The van der Waals surface area contributed by atoms with Crippen LogP contribution in [0.25, 0.3) is 0 Å². The van der Waals surface area contributed by atoms with Gasteiger partial charge in [0.05, 0.1) is 37.6 Å². The van der Waals surface area contributed by atoms with Gasteiger partial charge in [-0.15, -0.1) is 0 Å². The summed E-state index contributed by atoms with van der Waals surface area (Å²) in [4.78, 5) is 21.5. The van der Waals surface area contributed by atoms with Crippen LogP contribution < -0.4 is 9.64 Å². The van der Waals surface area contributed by atoms with E-state index in [2.05, 4.69) is 30.0 Å². The summed E-state index contributed by atoms with van der Waals surface area (Å²) < 4.78 is 11.9. The first kappa shape index (κ1) is 21.2. The smallest absolute Gasteiger partial charge is 0.256 e. The molecule has 0 aliphatic carbocycles. The Bertz CT molecular complexity index is 1000. The Morgan fingerprint density at radius 3 is 2.84 bits per heavy atom. The molecule has 170 valence electrons. The highest BCUT2D eigenvalue weighted by Crippen LogP contribution is 2.31. The summed E-state index contributed by atoms with van der Waals surface area (Å²) in [7, 11) is 0. The highest BCUT2D eigenvalue weighted by atomic mass is 16.5. The van der Waals surface area contributed by atoms with E-state index in [-0.39, 0.29) is 18.6 Å². The quantitative estimate of drug-likeness (QED) is 0.749. The summed E-state index contributed by atoms with van der Waals surface area (Å²) in [6.07, 6.45) is 3.87. The van der Waals surface area contributed by atoms with E-state index in [1.54, 1.807) is 4.90 Å². The summed E-state index contributed by atoms with van der Waals surface area (Å²) in [5.74, 6) is 1.90. The van der Waals surface area contributed by atoms with Crippen molar-refractivity contribution in [2.24, 2.45) is 0 Å². The Morgan fingerprint density at radius 2 is 2.06 bits per heavy atom. The van der Waals surface area contributed by atoms with Gasteiger partial charge in [0, 0.05) is 32.5 Å². The molecule has 7 nitrogen and oxygen atoms in total. The number of fused-ring (bicyclic) bond motifs is 2. The van der Waals surface area contributed by atoms with E-state index in [1.165, 1.54) is 11.1 Å². The molecule has 3 aliphatic rings. The van der Waals surface area contributed by atoms with Crippen LogP contribution in [0.2, 0.25) is 0 Å². The maximum absolute atomic E-state index is 12.6. The number of pyridine rings is 1. The second-order valence-electron chi connectivity index (χ2n) is 8.81. The number of aliphatic hydroxyl groups is 1. The summed E-state index contributed by atoms with van der Waals surface area (Å²) in [6, 6.07) is 8.40. The lowest BCUT2D eigenvalue weighted by Crippen LogP contribution is -2.39. The summed E-state index contributed by atoms with van der Waals surface area (Å²) in [5, 5.41) is 9.23. The minimum Gasteiger partial charge on any atom is -0.490 e. The number of aromatic nitrogens is 1. The van der Waals surface area contributed by atoms with Crippen molar-refractivity contribution in [3.05, 3.63) is 52.2 Å². The molecule has 0 bridgehead atoms. The molecule has 1 saturated heterocycles. The summed E-state index contributed by atoms with van der Waals surface area (Å²) in [5.41, 5.74) is 5.23. The monoisotopic (exact) mass is 437 g/mol. The third-order valence-electron chi connectivity index (χ3n) is 6.76. The molecule has 1 amide bonds. The predicted octanol–water partition coefficient (Wildman–Crippen LogP) is 2.71. The third-order valence-corrected chi connectivity index (χ3v) is 6.76. The highest BCUT2D eigenvalue weighted by molar-refractivity contribution is 5.98. The Balaban J connectivity index is 1.25. The third kappa shape index (κ3) is 4.07. The van der Waals surface area contributed by atoms with E-state index in [4.69, 9.17) is 14.5 Å². The molecule has 0 spiro atoms. The molecule has 3 aliphatic heterocycles. The fraction of sp³-hybridized carbons (Fsp3) is 0.520. The number of carbonyl (C=O) groups is 1. The van der Waals surface area contributed by atoms with Crippen LogP contribution in [-0.4, -0.2) is 59.8 Å². The molecule has 1 aromatic carbocycles. The van der Waals surface area contributed by atoms with E-state index in [0.29, 0.717) is 25.3 Å². The van der Waals surface area contributed by atoms with Crippen LogP contribution in [-0.2, 0) is 30.7 Å². The maximum Gasteiger partial charge on any atom is 0.256 e. The number of benzene rings is 1. The van der Waals surface area contributed by atoms with Gasteiger partial charge in [-0.1, -0.05) is 13.0 Å². The van der Waals surface area contributed by atoms with Gasteiger partial charge in [0.2, 0.25) is 0 Å². The van der Waals surface area contributed by atoms with Gasteiger partial charge < -0.3 is 24.4 Å². The van der Waals surface area contributed by atoms with E-state index in [0.717, 1.165) is 68.2 Å². The lowest BCUT2D eigenvalue weighted by Gasteiger charge is -2.34. The molecule has 2 aromatic rings. The number of hydrogen-bond acceptors (Lipinski definition) is 6. The molecule has 1 aromatic heterocycles. The molecule has 1 fully saturated rings. The van der Waals surface area contributed by atoms with Gasteiger partial charge in [-0.25, -0.2) is 4.98 Å². The van der Waals surface area contributed by atoms with Gasteiger partial charge in [0.1, 0.15) is 17.7 Å². The van der Waals surface area contributed by atoms with Gasteiger partial charge in [-0.2, -0.15) is 0 Å². The Hall–Kier alpha value is -2.64. The predicted molar refractivity (Wildman–Crippen MR) is 121 cm³/mol. The zero-order valence-electron chi connectivity index (χ0n) is 18.7. The van der Waals surface area contributed by atoms with E-state index < -0.39 is 0 Å². The van der Waals surface area contributed by atoms with E-state index >= 15 is 0 Å². The van der Waals surface area contributed by atoms with Gasteiger partial charge in [-0.05, 0) is 47.7 Å². The average molecular weight is 438 g/mol. The van der Waals surface area contributed by atoms with Crippen molar-refractivity contribution in [2.75, 3.05) is 37.7 Å². The number of amides is 1. The van der Waals surface area contributed by atoms with Crippen LogP contribution in [0.5, 0.6) is 5.75 Å². The first-order valence-corrected chi connectivity index (χ1v) is 11.7. The Kier molecular flexibility index (Phi) is 6.02. The van der Waals surface area contributed by atoms with Crippen LogP contribution in [0.4, 0.5) is 5.82 Å². The van der Waals surface area contributed by atoms with Crippen LogP contribution >= 0.6 is 0 Å². The number of aryl methyl sites for hydroxylation is 1. The number of hydrogen-bond donors (Lipinski definition) is 1. The van der Waals surface area contributed by atoms with E-state index in [1.807, 2.05) is 6.07 Å². The van der Waals surface area contributed by atoms with Crippen molar-refractivity contribution < 1.29 is 19.4 Å². The van der Waals surface area contributed by atoms with Crippen LogP contribution in [0.15, 0.2) is 24.3 Å². The first-order valence-electron chi connectivity index (χ1n) is 11.7. The standard InChI is InChI=1S/C25H31N3O4/c1-2-17-14-22-23(15-28(10-11-29)25(22)30)26-24(17)27-8-5-20(6-9-27)32-21-4-3-18-7-12-31-16-19(18)13-21/h3-4,13-14,20,29H,2,5-12,15-16H2,1H3. The summed E-state index contributed by atoms with van der Waals surface area (Å²) >= 11 is 0. The largest absolute Gasteiger partial charge is 0.490 e. The number of nitrogens with zero attached hydrogens (tertiary/aromatic N) is 3. The molecular weight excluding hydrogens is 406 g/mol. The fourth-order valence-corrected chi connectivity index (χ4v) is 4.94. The SMILES string of the molecule is CCc1cc2c(nc1N1CCC(Oc3ccc4c(c3)COCC4)CC1)CN(CCO)C2=O. The van der Waals surface area contributed by atoms with Gasteiger partial charge in [0.15, 0.2) is 0 Å². The minimum absolute atomic E-state index is 0.0228. The molecular formula is C25H31N3O4. The zero-order valence-corrected chi connectivity index (χ0v) is 18.7. The summed E-state index contributed by atoms with van der Waals surface area (Å²) in [6.45, 7) is 6.14. The first-order chi connectivity index (χ1) is 15.7. The molecule has 0 radical (unpaired) electrons. The number of anilines is 1. The second kappa shape index (κ2) is 9.08. The Morgan fingerprint density at radius 1 is 1.22 bits per heavy atom. The lowest BCUT2D eigenvalue weighted by atomic mass is 10.0. The van der Waals surface area contributed by atoms with Crippen molar-refractivity contribution in [1.82, 2.24) is 9.88 Å². The minimum atomic E-state index is -0.0298. The van der Waals surface area contributed by atoms with Gasteiger partial charge in [-0.3, -0.25) is 4.79 Å². The Labute approximate surface area is 189 Å². The average Bonchev–Trinajstić information content (AvgIpc) is 3.13. The maximum atomic E-state index is 12.6. The number of β-amino-alcohol motifs (C(OH)–C–C–N with tert-alkyl or cyclic N) is 1. The molecule has 32 heavy (non-hydrogen) atoms. The van der Waals surface area contributed by atoms with Gasteiger partial charge in [0.25, 0.3) is 5.91 Å². The topological polar surface area (TPSA) is 75.1 Å². The van der Waals surface area contributed by atoms with Gasteiger partial charge >= 0.3 is 0 Å². The zero-order chi connectivity index (χ0) is 22.1. The lowest BCUT2D eigenvalue weighted by molar-refractivity contribution is 0.0745. The van der Waals surface area contributed by atoms with Crippen molar-refractivity contribution >= 4 is 11.7 Å². The van der Waals surface area contributed by atoms with Crippen LogP contribution in [0, 0.1) is 0 Å². The van der Waals surface area contributed by atoms with Crippen molar-refractivity contribution in [1.29, 1.82) is 0 Å². The molecule has 0 unspecified atom stereocenters. The number of ether oxygens (including phenoxy) is 2. The molecule has 0 saturated carbocycles. The number of carbonyl (C=O) groups excluding carboxylic acids is 1. The fourth-order valence-electron chi connectivity index (χ4n) is 4.94. The number of aliphatic hydroxyl groups excluding tert-OH is 1. The van der Waals surface area contributed by atoms with Crippen LogP contribution in [0.3, 0.4) is 0 Å².